The van der Waals surface area contributed by atoms with Crippen LogP contribution in [0.15, 0.2) is 23.6 Å². The van der Waals surface area contributed by atoms with Gasteiger partial charge >= 0.3 is 12.3 Å². The predicted octanol–water partition coefficient (Wildman–Crippen LogP) is 4.71. The molecule has 8 nitrogen and oxygen atoms in total. The second kappa shape index (κ2) is 8.96. The molecule has 0 radical (unpaired) electrons. The number of anilines is 1. The van der Waals surface area contributed by atoms with Gasteiger partial charge in [0.2, 0.25) is 0 Å². The summed E-state index contributed by atoms with van der Waals surface area (Å²) in [5, 5.41) is 5.84. The largest absolute Gasteiger partial charge is 0.443 e. The van der Waals surface area contributed by atoms with Gasteiger partial charge in [0.15, 0.2) is 0 Å². The SMILES string of the molecule is C/C(=N\NC(=O)OC(C)(C)C)c1ncc(C(=O)Nc2cc(C(F)(F)F)c(Cl)cn2)s1. The van der Waals surface area contributed by atoms with Crippen molar-refractivity contribution in [2.75, 3.05) is 5.32 Å². The van der Waals surface area contributed by atoms with Crippen LogP contribution in [0.1, 0.15) is 47.9 Å². The highest BCUT2D eigenvalue weighted by atomic mass is 35.5. The molecule has 0 atom stereocenters. The Bertz CT molecular complexity index is 986. The summed E-state index contributed by atoms with van der Waals surface area (Å²) in [4.78, 5) is 31.7. The van der Waals surface area contributed by atoms with Crippen LogP contribution in [0, 0.1) is 0 Å². The fourth-order valence-corrected chi connectivity index (χ4v) is 2.89. The Morgan fingerprint density at radius 1 is 1.20 bits per heavy atom. The number of halogens is 4. The van der Waals surface area contributed by atoms with E-state index in [1.807, 2.05) is 0 Å². The Hall–Kier alpha value is -2.73. The second-order valence-corrected chi connectivity index (χ2v) is 8.28. The van der Waals surface area contributed by atoms with Gasteiger partial charge in [0, 0.05) is 6.20 Å². The van der Waals surface area contributed by atoms with Gasteiger partial charge in [0.05, 0.1) is 22.5 Å². The summed E-state index contributed by atoms with van der Waals surface area (Å²) in [5.74, 6) is -1.03. The van der Waals surface area contributed by atoms with E-state index in [9.17, 15) is 22.8 Å². The van der Waals surface area contributed by atoms with Crippen LogP contribution in [0.4, 0.5) is 23.8 Å². The standard InChI is InChI=1S/C17H17ClF3N5O3S/c1-8(25-26-15(28)29-16(2,3)4)14-23-7-11(30-14)13(27)24-12-5-9(17(19,20)21)10(18)6-22-12/h5-7H,1-4H3,(H,26,28)(H,22,24,27)/b25-8+. The number of ether oxygens (including phenoxy) is 1. The number of aromatic nitrogens is 2. The number of amides is 2. The maximum absolute atomic E-state index is 12.9. The Balaban J connectivity index is 2.08. The van der Waals surface area contributed by atoms with Crippen molar-refractivity contribution in [1.82, 2.24) is 15.4 Å². The van der Waals surface area contributed by atoms with Crippen molar-refractivity contribution in [2.24, 2.45) is 5.10 Å². The minimum atomic E-state index is -4.69. The number of nitrogens with one attached hydrogen (secondary N) is 2. The molecule has 0 aromatic carbocycles. The molecule has 0 aliphatic carbocycles. The summed E-state index contributed by atoms with van der Waals surface area (Å²) >= 11 is 6.43. The first kappa shape index (κ1) is 23.5. The molecule has 30 heavy (non-hydrogen) atoms. The van der Waals surface area contributed by atoms with Crippen LogP contribution in [0.25, 0.3) is 0 Å². The molecule has 0 fully saturated rings. The molecule has 162 valence electrons. The van der Waals surface area contributed by atoms with E-state index in [0.29, 0.717) is 16.8 Å². The lowest BCUT2D eigenvalue weighted by Crippen LogP contribution is -2.30. The fraction of sp³-hybridized carbons (Fsp3) is 0.353. The van der Waals surface area contributed by atoms with Gasteiger partial charge in [-0.05, 0) is 33.8 Å². The molecule has 0 saturated heterocycles. The van der Waals surface area contributed by atoms with Crippen LogP contribution in [0.5, 0.6) is 0 Å². The van der Waals surface area contributed by atoms with Crippen LogP contribution < -0.4 is 10.7 Å². The maximum atomic E-state index is 12.9. The number of nitrogens with zero attached hydrogens (tertiary/aromatic N) is 3. The molecule has 2 aromatic rings. The number of hydrogen-bond donors (Lipinski definition) is 2. The first-order valence-corrected chi connectivity index (χ1v) is 9.49. The smallest absolute Gasteiger partial charge is 0.428 e. The molecule has 2 aromatic heterocycles. The van der Waals surface area contributed by atoms with E-state index >= 15 is 0 Å². The first-order valence-electron chi connectivity index (χ1n) is 8.30. The lowest BCUT2D eigenvalue weighted by atomic mass is 10.2. The van der Waals surface area contributed by atoms with E-state index in [1.165, 1.54) is 6.20 Å². The third kappa shape index (κ3) is 6.66. The summed E-state index contributed by atoms with van der Waals surface area (Å²) in [6, 6.07) is 0.639. The number of hydrazone groups is 1. The van der Waals surface area contributed by atoms with Gasteiger partial charge < -0.3 is 10.1 Å². The molecule has 0 unspecified atom stereocenters. The van der Waals surface area contributed by atoms with E-state index < -0.39 is 34.4 Å². The fourth-order valence-electron chi connectivity index (χ4n) is 1.93. The van der Waals surface area contributed by atoms with Crippen LogP contribution in [-0.4, -0.2) is 33.3 Å². The Kier molecular flexibility index (Phi) is 7.03. The zero-order valence-corrected chi connectivity index (χ0v) is 17.8. The van der Waals surface area contributed by atoms with E-state index in [1.54, 1.807) is 27.7 Å². The summed E-state index contributed by atoms with van der Waals surface area (Å²) in [7, 11) is 0. The highest BCUT2D eigenvalue weighted by Crippen LogP contribution is 2.35. The van der Waals surface area contributed by atoms with Gasteiger partial charge in [0.1, 0.15) is 21.3 Å². The van der Waals surface area contributed by atoms with Gasteiger partial charge in [-0.25, -0.2) is 20.2 Å². The number of rotatable bonds is 4. The minimum Gasteiger partial charge on any atom is -0.443 e. The molecular weight excluding hydrogens is 447 g/mol. The monoisotopic (exact) mass is 463 g/mol. The second-order valence-electron chi connectivity index (χ2n) is 6.84. The van der Waals surface area contributed by atoms with Crippen molar-refractivity contribution >= 4 is 46.5 Å². The summed E-state index contributed by atoms with van der Waals surface area (Å²) in [5.41, 5.74) is 0.697. The molecule has 0 bridgehead atoms. The van der Waals surface area contributed by atoms with Gasteiger partial charge in [0.25, 0.3) is 5.91 Å². The Morgan fingerprint density at radius 3 is 2.47 bits per heavy atom. The van der Waals surface area contributed by atoms with Crippen LogP contribution in [-0.2, 0) is 10.9 Å². The van der Waals surface area contributed by atoms with E-state index in [-0.39, 0.29) is 10.7 Å². The van der Waals surface area contributed by atoms with Gasteiger partial charge in [-0.2, -0.15) is 18.3 Å². The van der Waals surface area contributed by atoms with E-state index in [0.717, 1.165) is 17.5 Å². The summed E-state index contributed by atoms with van der Waals surface area (Å²) < 4.78 is 43.8. The third-order valence-electron chi connectivity index (χ3n) is 3.16. The molecular formula is C17H17ClF3N5O3S. The molecule has 0 aliphatic rings. The average Bonchev–Trinajstić information content (AvgIpc) is 3.09. The van der Waals surface area contributed by atoms with Crippen LogP contribution >= 0.6 is 22.9 Å². The number of alkyl halides is 3. The van der Waals surface area contributed by atoms with E-state index in [4.69, 9.17) is 16.3 Å². The zero-order valence-electron chi connectivity index (χ0n) is 16.2. The van der Waals surface area contributed by atoms with Crippen molar-refractivity contribution in [3.05, 3.63) is 38.9 Å². The van der Waals surface area contributed by atoms with E-state index in [2.05, 4.69) is 25.8 Å². The third-order valence-corrected chi connectivity index (χ3v) is 4.56. The molecule has 2 amide bonds. The molecule has 2 rings (SSSR count). The van der Waals surface area contributed by atoms with Gasteiger partial charge in [-0.1, -0.05) is 11.6 Å². The minimum absolute atomic E-state index is 0.0992. The molecule has 0 spiro atoms. The number of carbonyl (C=O) groups is 2. The van der Waals surface area contributed by atoms with Crippen molar-refractivity contribution in [1.29, 1.82) is 0 Å². The van der Waals surface area contributed by atoms with Crippen molar-refractivity contribution < 1.29 is 27.5 Å². The quantitative estimate of drug-likeness (QED) is 0.504. The normalized spacial score (nSPS) is 12.5. The molecule has 0 aliphatic heterocycles. The highest BCUT2D eigenvalue weighted by molar-refractivity contribution is 7.15. The lowest BCUT2D eigenvalue weighted by Gasteiger charge is -2.18. The first-order chi connectivity index (χ1) is 13.8. The number of hydrogen-bond acceptors (Lipinski definition) is 7. The molecule has 2 heterocycles. The topological polar surface area (TPSA) is 106 Å². The predicted molar refractivity (Wildman–Crippen MR) is 106 cm³/mol. The summed E-state index contributed by atoms with van der Waals surface area (Å²) in [6.07, 6.45) is -3.42. The van der Waals surface area contributed by atoms with Gasteiger partial charge in [-0.3, -0.25) is 4.79 Å². The molecule has 13 heteroatoms. The van der Waals surface area contributed by atoms with Crippen molar-refractivity contribution in [3.63, 3.8) is 0 Å². The number of thiazole rings is 1. The summed E-state index contributed by atoms with van der Waals surface area (Å²) in [6.45, 7) is 6.64. The van der Waals surface area contributed by atoms with Crippen molar-refractivity contribution in [2.45, 2.75) is 39.5 Å². The van der Waals surface area contributed by atoms with Crippen LogP contribution in [0.2, 0.25) is 5.02 Å². The number of pyridine rings is 1. The van der Waals surface area contributed by atoms with Gasteiger partial charge in [-0.15, -0.1) is 11.3 Å². The number of carbonyl (C=O) groups excluding carboxylic acids is 2. The Labute approximate surface area is 178 Å². The Morgan fingerprint density at radius 2 is 1.87 bits per heavy atom. The van der Waals surface area contributed by atoms with Crippen LogP contribution in [0.3, 0.4) is 0 Å². The molecule has 2 N–H and O–H groups in total. The average molecular weight is 464 g/mol. The molecule has 0 saturated carbocycles. The maximum Gasteiger partial charge on any atom is 0.428 e. The lowest BCUT2D eigenvalue weighted by molar-refractivity contribution is -0.137. The highest BCUT2D eigenvalue weighted by Gasteiger charge is 2.34. The zero-order chi connectivity index (χ0) is 22.7. The van der Waals surface area contributed by atoms with Crippen molar-refractivity contribution in [3.8, 4) is 0 Å².